The number of carbonyl (C=O) groups excluding carboxylic acids is 1. The molecule has 7 heteroatoms. The molecule has 1 aromatic heterocycles. The van der Waals surface area contributed by atoms with Crippen LogP contribution in [0.15, 0.2) is 23.2 Å². The maximum Gasteiger partial charge on any atom is 0.311 e. The highest BCUT2D eigenvalue weighted by Crippen LogP contribution is 2.21. The Kier molecular flexibility index (Phi) is 5.39. The van der Waals surface area contributed by atoms with Crippen molar-refractivity contribution in [2.24, 2.45) is 10.9 Å². The fraction of sp³-hybridized carbons (Fsp3) is 0.550. The number of nitrogens with one attached hydrogen (secondary N) is 2. The normalized spacial score (nSPS) is 18.2. The van der Waals surface area contributed by atoms with Gasteiger partial charge < -0.3 is 19.9 Å². The maximum absolute atomic E-state index is 12.3. The van der Waals surface area contributed by atoms with Crippen LogP contribution in [-0.4, -0.2) is 52.5 Å². The Labute approximate surface area is 160 Å². The lowest BCUT2D eigenvalue weighted by atomic mass is 10.1. The Hall–Kier alpha value is -2.57. The summed E-state index contributed by atoms with van der Waals surface area (Å²) in [6, 6.07) is 6.16. The van der Waals surface area contributed by atoms with Crippen LogP contribution in [0.2, 0.25) is 0 Å². The van der Waals surface area contributed by atoms with Crippen molar-refractivity contribution in [3.63, 3.8) is 0 Å². The number of fused-ring (bicyclic) bond motifs is 1. The van der Waals surface area contributed by atoms with Crippen LogP contribution < -0.4 is 5.32 Å². The van der Waals surface area contributed by atoms with Gasteiger partial charge in [-0.3, -0.25) is 9.79 Å². The first-order valence-corrected chi connectivity index (χ1v) is 9.39. The lowest BCUT2D eigenvalue weighted by Gasteiger charge is -2.23. The van der Waals surface area contributed by atoms with Gasteiger partial charge in [-0.15, -0.1) is 0 Å². The van der Waals surface area contributed by atoms with Crippen LogP contribution in [0, 0.1) is 12.8 Å². The summed E-state index contributed by atoms with van der Waals surface area (Å²) in [4.78, 5) is 26.7. The number of hydrogen-bond acceptors (Lipinski definition) is 4. The monoisotopic (exact) mass is 371 g/mol. The van der Waals surface area contributed by atoms with E-state index < -0.39 is 5.60 Å². The maximum atomic E-state index is 12.3. The van der Waals surface area contributed by atoms with E-state index in [0.29, 0.717) is 13.1 Å². The average Bonchev–Trinajstić information content (AvgIpc) is 3.20. The summed E-state index contributed by atoms with van der Waals surface area (Å²) in [6.45, 7) is 9.70. The van der Waals surface area contributed by atoms with E-state index in [2.05, 4.69) is 44.2 Å². The first kappa shape index (κ1) is 19.2. The zero-order valence-electron chi connectivity index (χ0n) is 16.8. The van der Waals surface area contributed by atoms with Crippen molar-refractivity contribution in [1.29, 1.82) is 0 Å². The molecule has 0 spiro atoms. The van der Waals surface area contributed by atoms with E-state index in [4.69, 9.17) is 4.74 Å². The van der Waals surface area contributed by atoms with Gasteiger partial charge in [0.25, 0.3) is 0 Å². The van der Waals surface area contributed by atoms with Crippen LogP contribution in [0.3, 0.4) is 0 Å². The fourth-order valence-corrected chi connectivity index (χ4v) is 3.29. The summed E-state index contributed by atoms with van der Waals surface area (Å²) in [5.41, 5.74) is 2.74. The number of rotatable bonds is 3. The molecular formula is C20H29N5O2. The SMILES string of the molecule is CN=C(NCc1nc2ccc(C)cc2[nH]1)N1CCC(C(=O)OC(C)(C)C)C1. The van der Waals surface area contributed by atoms with Crippen molar-refractivity contribution in [2.75, 3.05) is 20.1 Å². The van der Waals surface area contributed by atoms with Crippen LogP contribution in [0.25, 0.3) is 11.0 Å². The van der Waals surface area contributed by atoms with Gasteiger partial charge in [0, 0.05) is 20.1 Å². The number of nitrogens with zero attached hydrogens (tertiary/aromatic N) is 3. The van der Waals surface area contributed by atoms with Crippen LogP contribution in [-0.2, 0) is 16.1 Å². The Morgan fingerprint density at radius 3 is 2.93 bits per heavy atom. The van der Waals surface area contributed by atoms with Crippen molar-refractivity contribution in [3.05, 3.63) is 29.6 Å². The molecule has 0 bridgehead atoms. The molecule has 1 fully saturated rings. The molecule has 1 aliphatic rings. The van der Waals surface area contributed by atoms with Crippen molar-refractivity contribution in [3.8, 4) is 0 Å². The molecule has 0 radical (unpaired) electrons. The second kappa shape index (κ2) is 7.58. The highest BCUT2D eigenvalue weighted by Gasteiger charge is 2.33. The molecule has 3 rings (SSSR count). The van der Waals surface area contributed by atoms with E-state index in [1.54, 1.807) is 7.05 Å². The summed E-state index contributed by atoms with van der Waals surface area (Å²) in [5.74, 6) is 1.39. The molecule has 2 heterocycles. The first-order chi connectivity index (χ1) is 12.7. The largest absolute Gasteiger partial charge is 0.460 e. The van der Waals surface area contributed by atoms with Crippen LogP contribution in [0.1, 0.15) is 38.6 Å². The predicted octanol–water partition coefficient (Wildman–Crippen LogP) is 2.61. The number of hydrogen-bond donors (Lipinski definition) is 2. The molecule has 1 aliphatic heterocycles. The number of aryl methyl sites for hydroxylation is 1. The van der Waals surface area contributed by atoms with E-state index in [9.17, 15) is 4.79 Å². The molecule has 1 saturated heterocycles. The third-order valence-electron chi connectivity index (χ3n) is 4.54. The molecule has 2 N–H and O–H groups in total. The van der Waals surface area contributed by atoms with Gasteiger partial charge in [0.05, 0.1) is 23.5 Å². The zero-order chi connectivity index (χ0) is 19.6. The van der Waals surface area contributed by atoms with E-state index in [1.807, 2.05) is 26.8 Å². The smallest absolute Gasteiger partial charge is 0.311 e. The van der Waals surface area contributed by atoms with Gasteiger partial charge >= 0.3 is 5.97 Å². The number of likely N-dealkylation sites (tertiary alicyclic amines) is 1. The number of guanidine groups is 1. The molecule has 27 heavy (non-hydrogen) atoms. The molecule has 2 aromatic rings. The van der Waals surface area contributed by atoms with E-state index in [-0.39, 0.29) is 11.9 Å². The zero-order valence-corrected chi connectivity index (χ0v) is 16.8. The number of carbonyl (C=O) groups is 1. The van der Waals surface area contributed by atoms with Gasteiger partial charge in [-0.25, -0.2) is 4.98 Å². The summed E-state index contributed by atoms with van der Waals surface area (Å²) >= 11 is 0. The minimum Gasteiger partial charge on any atom is -0.460 e. The van der Waals surface area contributed by atoms with Gasteiger partial charge in [0.2, 0.25) is 0 Å². The van der Waals surface area contributed by atoms with Crippen LogP contribution in [0.5, 0.6) is 0 Å². The third kappa shape index (κ3) is 4.78. The Morgan fingerprint density at radius 2 is 2.22 bits per heavy atom. The molecule has 7 nitrogen and oxygen atoms in total. The van der Waals surface area contributed by atoms with Crippen LogP contribution >= 0.6 is 0 Å². The summed E-state index contributed by atoms with van der Waals surface area (Å²) in [5, 5.41) is 3.34. The Balaban J connectivity index is 1.58. The molecule has 1 unspecified atom stereocenters. The second-order valence-electron chi connectivity index (χ2n) is 8.07. The minimum atomic E-state index is -0.454. The lowest BCUT2D eigenvalue weighted by molar-refractivity contribution is -0.159. The van der Waals surface area contributed by atoms with Crippen molar-refractivity contribution < 1.29 is 9.53 Å². The molecular weight excluding hydrogens is 342 g/mol. The van der Waals surface area contributed by atoms with Crippen molar-refractivity contribution in [2.45, 2.75) is 46.3 Å². The highest BCUT2D eigenvalue weighted by molar-refractivity contribution is 5.82. The Bertz CT molecular complexity index is 850. The average molecular weight is 371 g/mol. The van der Waals surface area contributed by atoms with Crippen LogP contribution in [0.4, 0.5) is 0 Å². The summed E-state index contributed by atoms with van der Waals surface area (Å²) in [6.07, 6.45) is 0.777. The topological polar surface area (TPSA) is 82.6 Å². The summed E-state index contributed by atoms with van der Waals surface area (Å²) in [7, 11) is 1.76. The summed E-state index contributed by atoms with van der Waals surface area (Å²) < 4.78 is 5.52. The van der Waals surface area contributed by atoms with Gasteiger partial charge in [0.15, 0.2) is 5.96 Å². The number of benzene rings is 1. The molecule has 0 amide bonds. The first-order valence-electron chi connectivity index (χ1n) is 9.39. The molecule has 1 aromatic carbocycles. The number of ether oxygens (including phenoxy) is 1. The van der Waals surface area contributed by atoms with Gasteiger partial charge in [-0.05, 0) is 51.8 Å². The lowest BCUT2D eigenvalue weighted by Crippen LogP contribution is -2.40. The van der Waals surface area contributed by atoms with Gasteiger partial charge in [-0.1, -0.05) is 6.07 Å². The number of aliphatic imine (C=N–C) groups is 1. The quantitative estimate of drug-likeness (QED) is 0.492. The van der Waals surface area contributed by atoms with Crippen molar-refractivity contribution in [1.82, 2.24) is 20.2 Å². The highest BCUT2D eigenvalue weighted by atomic mass is 16.6. The number of esters is 1. The number of imidazole rings is 1. The van der Waals surface area contributed by atoms with Gasteiger partial charge in [-0.2, -0.15) is 0 Å². The molecule has 0 saturated carbocycles. The number of H-pyrrole nitrogens is 1. The van der Waals surface area contributed by atoms with E-state index in [1.165, 1.54) is 5.56 Å². The minimum absolute atomic E-state index is 0.114. The van der Waals surface area contributed by atoms with Gasteiger partial charge in [0.1, 0.15) is 11.4 Å². The molecule has 0 aliphatic carbocycles. The van der Waals surface area contributed by atoms with Crippen molar-refractivity contribution >= 4 is 23.0 Å². The van der Waals surface area contributed by atoms with E-state index >= 15 is 0 Å². The Morgan fingerprint density at radius 1 is 1.44 bits per heavy atom. The standard InChI is InChI=1S/C20H29N5O2/c1-13-6-7-15-16(10-13)24-17(23-15)11-22-19(21-5)25-9-8-14(12-25)18(26)27-20(2,3)4/h6-7,10,14H,8-9,11-12H2,1-5H3,(H,21,22)(H,23,24). The molecule has 1 atom stereocenters. The predicted molar refractivity (Wildman–Crippen MR) is 107 cm³/mol. The second-order valence-corrected chi connectivity index (χ2v) is 8.07. The fourth-order valence-electron chi connectivity index (χ4n) is 3.29. The number of aromatic amines is 1. The van der Waals surface area contributed by atoms with E-state index in [0.717, 1.165) is 35.8 Å². The number of aromatic nitrogens is 2. The molecule has 146 valence electrons. The third-order valence-corrected chi connectivity index (χ3v) is 4.54.